The molecule has 0 heterocycles. The summed E-state index contributed by atoms with van der Waals surface area (Å²) in [5.74, 6) is 0.297. The van der Waals surface area contributed by atoms with Gasteiger partial charge in [0, 0.05) is 5.02 Å². The molecule has 0 fully saturated rings. The van der Waals surface area contributed by atoms with Crippen LogP contribution in [-0.4, -0.2) is 12.5 Å². The maximum atomic E-state index is 12.1. The Bertz CT molecular complexity index is 915. The number of benzene rings is 3. The van der Waals surface area contributed by atoms with Crippen LogP contribution in [0.1, 0.15) is 0 Å². The van der Waals surface area contributed by atoms with Crippen LogP contribution in [0, 0.1) is 0 Å². The highest BCUT2D eigenvalue weighted by Gasteiger charge is 2.10. The first-order chi connectivity index (χ1) is 11.5. The Balaban J connectivity index is 1.69. The highest BCUT2D eigenvalue weighted by Crippen LogP contribution is 2.33. The molecule has 0 aliphatic heterocycles. The molecule has 0 radical (unpaired) electrons. The van der Waals surface area contributed by atoms with Crippen molar-refractivity contribution in [2.24, 2.45) is 0 Å². The van der Waals surface area contributed by atoms with Crippen molar-refractivity contribution < 1.29 is 9.53 Å². The fourth-order valence-electron chi connectivity index (χ4n) is 2.25. The monoisotopic (exact) mass is 423 g/mol. The van der Waals surface area contributed by atoms with Gasteiger partial charge < -0.3 is 10.1 Å². The first-order valence-corrected chi connectivity index (χ1v) is 8.64. The first kappa shape index (κ1) is 17.1. The second-order valence-corrected chi connectivity index (χ2v) is 6.70. The lowest BCUT2D eigenvalue weighted by molar-refractivity contribution is -0.118. The number of halogens is 3. The summed E-state index contributed by atoms with van der Waals surface area (Å²) in [7, 11) is 0. The summed E-state index contributed by atoms with van der Waals surface area (Å²) >= 11 is 15.4. The highest BCUT2D eigenvalue weighted by molar-refractivity contribution is 9.10. The molecule has 0 saturated heterocycles. The first-order valence-electron chi connectivity index (χ1n) is 7.09. The molecule has 0 saturated carbocycles. The third-order valence-electron chi connectivity index (χ3n) is 3.39. The van der Waals surface area contributed by atoms with Gasteiger partial charge in [-0.2, -0.15) is 0 Å². The summed E-state index contributed by atoms with van der Waals surface area (Å²) in [5, 5.41) is 5.70. The zero-order valence-corrected chi connectivity index (χ0v) is 15.5. The van der Waals surface area contributed by atoms with Crippen LogP contribution in [0.4, 0.5) is 5.69 Å². The minimum Gasteiger partial charge on any atom is -0.483 e. The predicted molar refractivity (Wildman–Crippen MR) is 102 cm³/mol. The minimum absolute atomic E-state index is 0.129. The average molecular weight is 425 g/mol. The molecule has 3 aromatic carbocycles. The van der Waals surface area contributed by atoms with Gasteiger partial charge in [0.15, 0.2) is 6.61 Å². The van der Waals surface area contributed by atoms with E-state index < -0.39 is 0 Å². The Morgan fingerprint density at radius 2 is 1.88 bits per heavy atom. The largest absolute Gasteiger partial charge is 0.483 e. The number of anilines is 1. The number of hydrogen-bond donors (Lipinski definition) is 1. The molecule has 24 heavy (non-hydrogen) atoms. The van der Waals surface area contributed by atoms with Crippen molar-refractivity contribution >= 4 is 61.5 Å². The van der Waals surface area contributed by atoms with Crippen molar-refractivity contribution in [1.29, 1.82) is 0 Å². The molecule has 6 heteroatoms. The Labute approximate surface area is 157 Å². The molecule has 3 rings (SSSR count). The van der Waals surface area contributed by atoms with Gasteiger partial charge in [-0.15, -0.1) is 0 Å². The summed E-state index contributed by atoms with van der Waals surface area (Å²) in [6, 6.07) is 16.6. The van der Waals surface area contributed by atoms with Crippen LogP contribution in [0.25, 0.3) is 10.8 Å². The van der Waals surface area contributed by atoms with Crippen LogP contribution >= 0.6 is 39.1 Å². The summed E-state index contributed by atoms with van der Waals surface area (Å²) in [5.41, 5.74) is 0.493. The lowest BCUT2D eigenvalue weighted by atomic mass is 10.1. The Hall–Kier alpha value is -1.75. The summed E-state index contributed by atoms with van der Waals surface area (Å²) in [6.45, 7) is -0.129. The average Bonchev–Trinajstić information content (AvgIpc) is 2.57. The standard InChI is InChI=1S/C18H12BrCl2NO2/c19-18-13-4-2-1-3-11(13)5-8-16(18)24-10-17(23)22-15-7-6-12(20)9-14(15)21/h1-9H,10H2,(H,22,23). The number of nitrogens with one attached hydrogen (secondary N) is 1. The number of fused-ring (bicyclic) bond motifs is 1. The fraction of sp³-hybridized carbons (Fsp3) is 0.0556. The van der Waals surface area contributed by atoms with Crippen molar-refractivity contribution in [3.8, 4) is 5.75 Å². The molecule has 0 aromatic heterocycles. The van der Waals surface area contributed by atoms with E-state index in [1.807, 2.05) is 36.4 Å². The van der Waals surface area contributed by atoms with Crippen molar-refractivity contribution in [2.45, 2.75) is 0 Å². The Kier molecular flexibility index (Phi) is 5.29. The van der Waals surface area contributed by atoms with E-state index in [9.17, 15) is 4.79 Å². The topological polar surface area (TPSA) is 38.3 Å². The third-order valence-corrected chi connectivity index (χ3v) is 4.76. The normalized spacial score (nSPS) is 10.6. The SMILES string of the molecule is O=C(COc1ccc2ccccc2c1Br)Nc1ccc(Cl)cc1Cl. The number of ether oxygens (including phenoxy) is 1. The summed E-state index contributed by atoms with van der Waals surface area (Å²) < 4.78 is 6.43. The van der Waals surface area contributed by atoms with Crippen LogP contribution < -0.4 is 10.1 Å². The van der Waals surface area contributed by atoms with Crippen LogP contribution in [0.15, 0.2) is 59.1 Å². The van der Waals surface area contributed by atoms with E-state index in [0.717, 1.165) is 15.2 Å². The van der Waals surface area contributed by atoms with Crippen LogP contribution in [0.2, 0.25) is 10.0 Å². The summed E-state index contributed by atoms with van der Waals surface area (Å²) in [6.07, 6.45) is 0. The van der Waals surface area contributed by atoms with E-state index >= 15 is 0 Å². The number of hydrogen-bond acceptors (Lipinski definition) is 2. The van der Waals surface area contributed by atoms with Gasteiger partial charge in [-0.25, -0.2) is 0 Å². The molecule has 0 bridgehead atoms. The maximum absolute atomic E-state index is 12.1. The van der Waals surface area contributed by atoms with E-state index in [1.54, 1.807) is 18.2 Å². The second-order valence-electron chi connectivity index (χ2n) is 5.06. The van der Waals surface area contributed by atoms with Crippen LogP contribution in [0.5, 0.6) is 5.75 Å². The zero-order valence-electron chi connectivity index (χ0n) is 12.4. The van der Waals surface area contributed by atoms with Crippen LogP contribution in [0.3, 0.4) is 0 Å². The minimum atomic E-state index is -0.306. The Morgan fingerprint density at radius 1 is 1.08 bits per heavy atom. The van der Waals surface area contributed by atoms with Gasteiger partial charge in [-0.05, 0) is 51.0 Å². The molecule has 0 aliphatic carbocycles. The molecule has 0 spiro atoms. The molecule has 0 atom stereocenters. The molecule has 0 aliphatic rings. The van der Waals surface area contributed by atoms with Gasteiger partial charge in [0.05, 0.1) is 15.2 Å². The fourth-order valence-corrected chi connectivity index (χ4v) is 3.31. The summed E-state index contributed by atoms with van der Waals surface area (Å²) in [4.78, 5) is 12.1. The number of rotatable bonds is 4. The van der Waals surface area contributed by atoms with Gasteiger partial charge in [0.2, 0.25) is 0 Å². The molecule has 122 valence electrons. The van der Waals surface area contributed by atoms with E-state index in [-0.39, 0.29) is 12.5 Å². The van der Waals surface area contributed by atoms with Crippen molar-refractivity contribution in [3.05, 3.63) is 69.1 Å². The number of carbonyl (C=O) groups excluding carboxylic acids is 1. The van der Waals surface area contributed by atoms with Gasteiger partial charge in [-0.3, -0.25) is 4.79 Å². The lowest BCUT2D eigenvalue weighted by Crippen LogP contribution is -2.20. The van der Waals surface area contributed by atoms with Gasteiger partial charge in [-0.1, -0.05) is 53.5 Å². The molecule has 1 N–H and O–H groups in total. The molecular weight excluding hydrogens is 413 g/mol. The predicted octanol–water partition coefficient (Wildman–Crippen LogP) is 5.93. The third kappa shape index (κ3) is 3.83. The molecule has 3 aromatic rings. The van der Waals surface area contributed by atoms with E-state index in [2.05, 4.69) is 21.2 Å². The van der Waals surface area contributed by atoms with Crippen molar-refractivity contribution in [1.82, 2.24) is 0 Å². The van der Waals surface area contributed by atoms with Gasteiger partial charge >= 0.3 is 0 Å². The zero-order chi connectivity index (χ0) is 17.1. The second kappa shape index (κ2) is 7.43. The smallest absolute Gasteiger partial charge is 0.262 e. The van der Waals surface area contributed by atoms with Crippen molar-refractivity contribution in [2.75, 3.05) is 11.9 Å². The molecular formula is C18H12BrCl2NO2. The van der Waals surface area contributed by atoms with E-state index in [0.29, 0.717) is 21.5 Å². The molecule has 3 nitrogen and oxygen atoms in total. The van der Waals surface area contributed by atoms with E-state index in [1.165, 1.54) is 0 Å². The lowest BCUT2D eigenvalue weighted by Gasteiger charge is -2.11. The van der Waals surface area contributed by atoms with E-state index in [4.69, 9.17) is 27.9 Å². The number of carbonyl (C=O) groups is 1. The van der Waals surface area contributed by atoms with Crippen LogP contribution in [-0.2, 0) is 4.79 Å². The number of amides is 1. The molecule has 0 unspecified atom stereocenters. The van der Waals surface area contributed by atoms with Gasteiger partial charge in [0.1, 0.15) is 5.75 Å². The Morgan fingerprint density at radius 3 is 2.67 bits per heavy atom. The van der Waals surface area contributed by atoms with Gasteiger partial charge in [0.25, 0.3) is 5.91 Å². The quantitative estimate of drug-likeness (QED) is 0.563. The molecule has 1 amide bonds. The maximum Gasteiger partial charge on any atom is 0.262 e. The van der Waals surface area contributed by atoms with Crippen molar-refractivity contribution in [3.63, 3.8) is 0 Å². The highest BCUT2D eigenvalue weighted by atomic mass is 79.9.